The Labute approximate surface area is 179 Å². The molecule has 29 heavy (non-hydrogen) atoms. The van der Waals surface area contributed by atoms with Gasteiger partial charge in [-0.2, -0.15) is 0 Å². The summed E-state index contributed by atoms with van der Waals surface area (Å²) in [6, 6.07) is 30.4. The summed E-state index contributed by atoms with van der Waals surface area (Å²) in [7, 11) is 2.15. The van der Waals surface area contributed by atoms with Gasteiger partial charge in [-0.05, 0) is 54.4 Å². The number of para-hydroxylation sites is 1. The third kappa shape index (κ3) is 5.86. The largest absolute Gasteiger partial charge is 0.369 e. The van der Waals surface area contributed by atoms with Crippen molar-refractivity contribution in [3.63, 3.8) is 0 Å². The van der Waals surface area contributed by atoms with E-state index in [4.69, 9.17) is 0 Å². The first kappa shape index (κ1) is 20.0. The number of hydrogen-bond donors (Lipinski definition) is 0. The zero-order valence-corrected chi connectivity index (χ0v) is 17.9. The van der Waals surface area contributed by atoms with Crippen LogP contribution in [0, 0.1) is 0 Å². The summed E-state index contributed by atoms with van der Waals surface area (Å²) >= 11 is 1.80. The van der Waals surface area contributed by atoms with Crippen molar-refractivity contribution < 1.29 is 0 Å². The maximum Gasteiger partial charge on any atom is 0.0367 e. The van der Waals surface area contributed by atoms with Crippen LogP contribution in [0.2, 0.25) is 0 Å². The highest BCUT2D eigenvalue weighted by Crippen LogP contribution is 2.24. The van der Waals surface area contributed by atoms with E-state index in [1.165, 1.54) is 21.7 Å². The van der Waals surface area contributed by atoms with E-state index in [1.54, 1.807) is 11.9 Å². The predicted molar refractivity (Wildman–Crippen MR) is 124 cm³/mol. The average molecular weight is 404 g/mol. The van der Waals surface area contributed by atoms with Gasteiger partial charge in [0.05, 0.1) is 0 Å². The predicted octanol–water partition coefficient (Wildman–Crippen LogP) is 5.15. The van der Waals surface area contributed by atoms with Crippen LogP contribution in [0.4, 0.5) is 5.69 Å². The molecule has 0 aliphatic carbocycles. The molecule has 0 unspecified atom stereocenters. The van der Waals surface area contributed by atoms with Crippen molar-refractivity contribution in [1.82, 2.24) is 9.21 Å². The molecule has 3 aromatic carbocycles. The molecule has 1 fully saturated rings. The van der Waals surface area contributed by atoms with Crippen LogP contribution in [0.3, 0.4) is 0 Å². The number of benzene rings is 3. The van der Waals surface area contributed by atoms with Crippen LogP contribution in [-0.4, -0.2) is 42.4 Å². The third-order valence-electron chi connectivity index (χ3n) is 5.33. The fourth-order valence-electron chi connectivity index (χ4n) is 3.77. The minimum absolute atomic E-state index is 0.943. The second kappa shape index (κ2) is 9.97. The molecule has 0 atom stereocenters. The van der Waals surface area contributed by atoms with Gasteiger partial charge in [0.25, 0.3) is 0 Å². The van der Waals surface area contributed by atoms with Gasteiger partial charge in [-0.1, -0.05) is 60.7 Å². The van der Waals surface area contributed by atoms with Crippen LogP contribution in [0.25, 0.3) is 0 Å². The molecule has 3 nitrogen and oxygen atoms in total. The van der Waals surface area contributed by atoms with E-state index >= 15 is 0 Å². The number of nitrogens with zero attached hydrogens (tertiary/aromatic N) is 3. The zero-order chi connectivity index (χ0) is 19.9. The van der Waals surface area contributed by atoms with E-state index in [0.29, 0.717) is 0 Å². The van der Waals surface area contributed by atoms with E-state index in [-0.39, 0.29) is 0 Å². The maximum atomic E-state index is 2.56. The van der Waals surface area contributed by atoms with E-state index in [9.17, 15) is 0 Å². The highest BCUT2D eigenvalue weighted by atomic mass is 32.2. The van der Waals surface area contributed by atoms with Crippen molar-refractivity contribution in [2.24, 2.45) is 0 Å². The number of anilines is 1. The fourth-order valence-corrected chi connectivity index (χ4v) is 4.60. The van der Waals surface area contributed by atoms with E-state index in [1.807, 2.05) is 0 Å². The van der Waals surface area contributed by atoms with Gasteiger partial charge in [-0.25, -0.2) is 4.31 Å². The van der Waals surface area contributed by atoms with Crippen LogP contribution in [0.1, 0.15) is 11.1 Å². The first-order valence-corrected chi connectivity index (χ1v) is 11.1. The lowest BCUT2D eigenvalue weighted by atomic mass is 10.2. The van der Waals surface area contributed by atoms with Gasteiger partial charge in [-0.3, -0.25) is 4.90 Å². The highest BCUT2D eigenvalue weighted by Gasteiger charge is 2.17. The average Bonchev–Trinajstić information content (AvgIpc) is 2.77. The zero-order valence-electron chi connectivity index (χ0n) is 17.1. The van der Waals surface area contributed by atoms with Gasteiger partial charge in [0.15, 0.2) is 0 Å². The summed E-state index contributed by atoms with van der Waals surface area (Å²) in [5, 5.41) is 0. The fraction of sp³-hybridized carbons (Fsp3) is 0.280. The second-order valence-electron chi connectivity index (χ2n) is 7.61. The monoisotopic (exact) mass is 403 g/mol. The Morgan fingerprint density at radius 3 is 2.00 bits per heavy atom. The van der Waals surface area contributed by atoms with Crippen molar-refractivity contribution in [3.05, 3.63) is 96.1 Å². The van der Waals surface area contributed by atoms with E-state index < -0.39 is 0 Å². The van der Waals surface area contributed by atoms with E-state index in [2.05, 4.69) is 106 Å². The van der Waals surface area contributed by atoms with Crippen molar-refractivity contribution in [2.45, 2.75) is 18.0 Å². The molecule has 4 rings (SSSR count). The number of hydrogen-bond acceptors (Lipinski definition) is 4. The highest BCUT2D eigenvalue weighted by molar-refractivity contribution is 7.97. The Morgan fingerprint density at radius 2 is 1.34 bits per heavy atom. The van der Waals surface area contributed by atoms with Gasteiger partial charge in [0, 0.05) is 49.9 Å². The summed E-state index contributed by atoms with van der Waals surface area (Å²) in [6.45, 7) is 6.41. The molecule has 1 aliphatic rings. The summed E-state index contributed by atoms with van der Waals surface area (Å²) in [5.41, 5.74) is 4.08. The molecule has 0 saturated carbocycles. The quantitative estimate of drug-likeness (QED) is 0.505. The van der Waals surface area contributed by atoms with Gasteiger partial charge < -0.3 is 4.90 Å². The Kier molecular flexibility index (Phi) is 6.88. The maximum absolute atomic E-state index is 2.56. The molecule has 3 aromatic rings. The first-order valence-electron chi connectivity index (χ1n) is 10.3. The molecule has 0 N–H and O–H groups in total. The minimum atomic E-state index is 0.943. The Balaban J connectivity index is 1.24. The lowest BCUT2D eigenvalue weighted by Gasteiger charge is -2.36. The SMILES string of the molecule is CN(Cc1ccccc1)Sc1ccc(CN2CCN(c3ccccc3)CC2)cc1. The summed E-state index contributed by atoms with van der Waals surface area (Å²) in [5.74, 6) is 0. The summed E-state index contributed by atoms with van der Waals surface area (Å²) in [4.78, 5) is 6.34. The molecule has 1 saturated heterocycles. The van der Waals surface area contributed by atoms with Crippen LogP contribution < -0.4 is 4.90 Å². The van der Waals surface area contributed by atoms with Gasteiger partial charge in [0.1, 0.15) is 0 Å². The lowest BCUT2D eigenvalue weighted by molar-refractivity contribution is 0.250. The molecular formula is C25H29N3S. The molecule has 4 heteroatoms. The normalized spacial score (nSPS) is 15.0. The molecule has 0 spiro atoms. The third-order valence-corrected chi connectivity index (χ3v) is 6.26. The van der Waals surface area contributed by atoms with Crippen molar-refractivity contribution in [3.8, 4) is 0 Å². The van der Waals surface area contributed by atoms with E-state index in [0.717, 1.165) is 39.3 Å². The molecular weight excluding hydrogens is 374 g/mol. The molecule has 1 heterocycles. The standard InChI is InChI=1S/C25H29N3S/c1-26(20-22-8-4-2-5-9-22)29-25-14-12-23(13-15-25)21-27-16-18-28(19-17-27)24-10-6-3-7-11-24/h2-15H,16-21H2,1H3. The van der Waals surface area contributed by atoms with Crippen molar-refractivity contribution in [1.29, 1.82) is 0 Å². The summed E-state index contributed by atoms with van der Waals surface area (Å²) in [6.07, 6.45) is 0. The lowest BCUT2D eigenvalue weighted by Crippen LogP contribution is -2.45. The van der Waals surface area contributed by atoms with Gasteiger partial charge in [-0.15, -0.1) is 0 Å². The molecule has 0 aromatic heterocycles. The van der Waals surface area contributed by atoms with Crippen LogP contribution >= 0.6 is 11.9 Å². The molecule has 0 bridgehead atoms. The molecule has 1 aliphatic heterocycles. The number of piperazine rings is 1. The van der Waals surface area contributed by atoms with Gasteiger partial charge in [0.2, 0.25) is 0 Å². The van der Waals surface area contributed by atoms with Crippen molar-refractivity contribution in [2.75, 3.05) is 38.1 Å². The Hall–Kier alpha value is -2.27. The smallest absolute Gasteiger partial charge is 0.0367 e. The minimum Gasteiger partial charge on any atom is -0.369 e. The topological polar surface area (TPSA) is 9.72 Å². The van der Waals surface area contributed by atoms with Crippen LogP contribution in [-0.2, 0) is 13.1 Å². The Morgan fingerprint density at radius 1 is 0.724 bits per heavy atom. The second-order valence-corrected chi connectivity index (χ2v) is 8.88. The van der Waals surface area contributed by atoms with Crippen molar-refractivity contribution >= 4 is 17.6 Å². The molecule has 0 radical (unpaired) electrons. The Bertz CT molecular complexity index is 860. The molecule has 150 valence electrons. The van der Waals surface area contributed by atoms with Crippen LogP contribution in [0.15, 0.2) is 89.8 Å². The van der Waals surface area contributed by atoms with Crippen LogP contribution in [0.5, 0.6) is 0 Å². The van der Waals surface area contributed by atoms with Gasteiger partial charge >= 0.3 is 0 Å². The molecule has 0 amide bonds. The summed E-state index contributed by atoms with van der Waals surface area (Å²) < 4.78 is 2.28. The number of rotatable bonds is 7. The first-order chi connectivity index (χ1) is 14.3.